The summed E-state index contributed by atoms with van der Waals surface area (Å²) in [6.45, 7) is 9.38. The lowest BCUT2D eigenvalue weighted by Gasteiger charge is -2.25. The maximum Gasteiger partial charge on any atom is 0.377 e. The fraction of sp³-hybridized carbons (Fsp3) is 1.00. The third-order valence-corrected chi connectivity index (χ3v) is 5.89. The Kier molecular flexibility index (Phi) is 4.60. The molecule has 0 saturated heterocycles. The van der Waals surface area contributed by atoms with Crippen LogP contribution in [0.3, 0.4) is 0 Å². The molecule has 0 aromatic heterocycles. The number of rotatable bonds is 3. The SMILES string of the molecule is C[CH](C)[Al]([CH](C)C)[N](C)C. The van der Waals surface area contributed by atoms with Gasteiger partial charge in [-0.05, 0) is 14.1 Å². The van der Waals surface area contributed by atoms with E-state index in [2.05, 4.69) is 45.7 Å². The largest absolute Gasteiger partial charge is 0.390 e. The predicted molar refractivity (Wildman–Crippen MR) is 49.6 cm³/mol. The maximum atomic E-state index is 2.45. The van der Waals surface area contributed by atoms with Crippen molar-refractivity contribution in [2.24, 2.45) is 0 Å². The molecule has 0 saturated carbocycles. The van der Waals surface area contributed by atoms with Crippen LogP contribution in [0.1, 0.15) is 27.7 Å². The molecule has 0 amide bonds. The van der Waals surface area contributed by atoms with Gasteiger partial charge in [0.25, 0.3) is 0 Å². The molecule has 10 heavy (non-hydrogen) atoms. The average molecular weight is 157 g/mol. The lowest BCUT2D eigenvalue weighted by atomic mass is 10.5. The number of hydrogen-bond acceptors (Lipinski definition) is 1. The minimum atomic E-state index is -0.620. The monoisotopic (exact) mass is 157 g/mol. The van der Waals surface area contributed by atoms with Crippen LogP contribution in [-0.4, -0.2) is 32.3 Å². The van der Waals surface area contributed by atoms with E-state index in [0.29, 0.717) is 0 Å². The Morgan fingerprint density at radius 1 is 0.900 bits per heavy atom. The molecule has 2 heteroatoms. The fourth-order valence-electron chi connectivity index (χ4n) is 1.96. The van der Waals surface area contributed by atoms with Gasteiger partial charge in [-0.3, -0.25) is 0 Å². The van der Waals surface area contributed by atoms with Gasteiger partial charge >= 0.3 is 14.4 Å². The van der Waals surface area contributed by atoms with Crippen molar-refractivity contribution in [1.82, 2.24) is 3.88 Å². The molecule has 0 fully saturated rings. The average Bonchev–Trinajstić information content (AvgIpc) is 1.59. The molecule has 0 aliphatic heterocycles. The van der Waals surface area contributed by atoms with Gasteiger partial charge in [0, 0.05) is 0 Å². The molecule has 0 atom stereocenters. The molecule has 0 aliphatic rings. The lowest BCUT2D eigenvalue weighted by Crippen LogP contribution is -2.37. The van der Waals surface area contributed by atoms with Crippen LogP contribution >= 0.6 is 0 Å². The lowest BCUT2D eigenvalue weighted by molar-refractivity contribution is 0.601. The molecule has 0 aliphatic carbocycles. The molecule has 0 aromatic carbocycles. The van der Waals surface area contributed by atoms with E-state index in [-0.39, 0.29) is 0 Å². The molecule has 0 unspecified atom stereocenters. The highest BCUT2D eigenvalue weighted by molar-refractivity contribution is 6.58. The molecule has 0 radical (unpaired) electrons. The van der Waals surface area contributed by atoms with Crippen molar-refractivity contribution in [3.8, 4) is 0 Å². The van der Waals surface area contributed by atoms with Gasteiger partial charge in [-0.25, -0.2) is 0 Å². The van der Waals surface area contributed by atoms with Crippen molar-refractivity contribution >= 4 is 14.4 Å². The van der Waals surface area contributed by atoms with Crippen LogP contribution in [0.4, 0.5) is 0 Å². The van der Waals surface area contributed by atoms with Gasteiger partial charge in [-0.1, -0.05) is 37.3 Å². The molecule has 0 rings (SSSR count). The summed E-state index contributed by atoms with van der Waals surface area (Å²) in [6.07, 6.45) is 0. The molecular weight excluding hydrogens is 137 g/mol. The molecular formula is C8H20AlN. The maximum absolute atomic E-state index is 2.45. The van der Waals surface area contributed by atoms with E-state index >= 15 is 0 Å². The van der Waals surface area contributed by atoms with Gasteiger partial charge in [0.1, 0.15) is 0 Å². The van der Waals surface area contributed by atoms with Crippen molar-refractivity contribution < 1.29 is 0 Å². The molecule has 60 valence electrons. The van der Waals surface area contributed by atoms with Crippen LogP contribution in [-0.2, 0) is 0 Å². The second kappa shape index (κ2) is 4.39. The van der Waals surface area contributed by atoms with Crippen molar-refractivity contribution in [3.05, 3.63) is 0 Å². The number of hydrogen-bond donors (Lipinski definition) is 0. The molecule has 0 aromatic rings. The first-order valence-electron chi connectivity index (χ1n) is 4.13. The molecule has 0 bridgehead atoms. The van der Waals surface area contributed by atoms with E-state index in [1.165, 1.54) is 0 Å². The van der Waals surface area contributed by atoms with E-state index in [4.69, 9.17) is 0 Å². The van der Waals surface area contributed by atoms with E-state index in [1.807, 2.05) is 0 Å². The third-order valence-electron chi connectivity index (χ3n) is 1.96. The molecule has 0 N–H and O–H groups in total. The van der Waals surface area contributed by atoms with Gasteiger partial charge in [-0.2, -0.15) is 0 Å². The predicted octanol–water partition coefficient (Wildman–Crippen LogP) is 2.36. The zero-order valence-corrected chi connectivity index (χ0v) is 9.33. The Morgan fingerprint density at radius 3 is 1.20 bits per heavy atom. The quantitative estimate of drug-likeness (QED) is 0.568. The first-order valence-corrected chi connectivity index (χ1v) is 5.98. The highest BCUT2D eigenvalue weighted by atomic mass is 27.2. The molecule has 0 heterocycles. The highest BCUT2D eigenvalue weighted by Gasteiger charge is 2.28. The van der Waals surface area contributed by atoms with Crippen LogP contribution in [0.15, 0.2) is 0 Å². The summed E-state index contributed by atoms with van der Waals surface area (Å²) in [7, 11) is 4.44. The van der Waals surface area contributed by atoms with Crippen LogP contribution in [0.2, 0.25) is 9.56 Å². The van der Waals surface area contributed by atoms with E-state index < -0.39 is 14.4 Å². The van der Waals surface area contributed by atoms with E-state index in [1.54, 1.807) is 0 Å². The fourth-order valence-corrected chi connectivity index (χ4v) is 5.89. The van der Waals surface area contributed by atoms with Crippen LogP contribution in [0.5, 0.6) is 0 Å². The summed E-state index contributed by atoms with van der Waals surface area (Å²) >= 11 is -0.620. The normalized spacial score (nSPS) is 11.7. The van der Waals surface area contributed by atoms with Crippen molar-refractivity contribution in [2.75, 3.05) is 14.1 Å². The van der Waals surface area contributed by atoms with Crippen LogP contribution < -0.4 is 0 Å². The summed E-state index contributed by atoms with van der Waals surface area (Å²) in [5, 5.41) is 0. The van der Waals surface area contributed by atoms with Gasteiger partial charge in [0.05, 0.1) is 0 Å². The second-order valence-corrected chi connectivity index (χ2v) is 8.62. The first kappa shape index (κ1) is 10.5. The Bertz CT molecular complexity index is 70.2. The van der Waals surface area contributed by atoms with Gasteiger partial charge in [-0.15, -0.1) is 0 Å². The summed E-state index contributed by atoms with van der Waals surface area (Å²) in [5.41, 5.74) is 0. The Labute approximate surface area is 70.0 Å². The van der Waals surface area contributed by atoms with Crippen molar-refractivity contribution in [2.45, 2.75) is 37.3 Å². The molecule has 0 spiro atoms. The summed E-state index contributed by atoms with van der Waals surface area (Å²) < 4.78 is 4.25. The first-order chi connectivity index (χ1) is 4.46. The van der Waals surface area contributed by atoms with E-state index in [0.717, 1.165) is 9.56 Å². The smallest absolute Gasteiger partial charge is 0.377 e. The second-order valence-electron chi connectivity index (χ2n) is 3.94. The van der Waals surface area contributed by atoms with E-state index in [9.17, 15) is 0 Å². The van der Waals surface area contributed by atoms with Gasteiger partial charge in [0.2, 0.25) is 0 Å². The van der Waals surface area contributed by atoms with Crippen molar-refractivity contribution in [3.63, 3.8) is 0 Å². The van der Waals surface area contributed by atoms with Crippen LogP contribution in [0, 0.1) is 0 Å². The Morgan fingerprint density at radius 2 is 1.20 bits per heavy atom. The topological polar surface area (TPSA) is 3.24 Å². The van der Waals surface area contributed by atoms with Gasteiger partial charge < -0.3 is 3.88 Å². The summed E-state index contributed by atoms with van der Waals surface area (Å²) in [4.78, 5) is 0. The Hall–Kier alpha value is 0.492. The highest BCUT2D eigenvalue weighted by Crippen LogP contribution is 2.20. The minimum absolute atomic E-state index is 0.620. The zero-order valence-electron chi connectivity index (χ0n) is 8.18. The van der Waals surface area contributed by atoms with Crippen molar-refractivity contribution in [1.29, 1.82) is 0 Å². The summed E-state index contributed by atoms with van der Waals surface area (Å²) in [6, 6.07) is 0. The number of nitrogens with zero attached hydrogens (tertiary/aromatic N) is 1. The molecule has 1 nitrogen and oxygen atoms in total. The zero-order chi connectivity index (χ0) is 8.31. The standard InChI is InChI=1S/2C3H7.C2H6N.Al/c3*1-3-2;/h2*3H,1-2H3;1-2H3;/q;;-1;+1. The van der Waals surface area contributed by atoms with Crippen LogP contribution in [0.25, 0.3) is 0 Å². The third kappa shape index (κ3) is 3.05. The minimum Gasteiger partial charge on any atom is -0.390 e. The summed E-state index contributed by atoms with van der Waals surface area (Å²) in [5.74, 6) is 0. The Balaban J connectivity index is 3.98. The van der Waals surface area contributed by atoms with Gasteiger partial charge in [0.15, 0.2) is 0 Å².